The Labute approximate surface area is 119 Å². The first kappa shape index (κ1) is 14.8. The number of furan rings is 1. The maximum atomic E-state index is 11.6. The Morgan fingerprint density at radius 2 is 1.85 bits per heavy atom. The first-order chi connectivity index (χ1) is 9.44. The Bertz CT molecular complexity index is 647. The Morgan fingerprint density at radius 1 is 1.15 bits per heavy atom. The van der Waals surface area contributed by atoms with Gasteiger partial charge in [0.2, 0.25) is 0 Å². The van der Waals surface area contributed by atoms with Crippen molar-refractivity contribution in [2.45, 2.75) is 19.5 Å². The first-order valence-electron chi connectivity index (χ1n) is 6.45. The van der Waals surface area contributed by atoms with Gasteiger partial charge in [-0.2, -0.15) is 0 Å². The largest absolute Gasteiger partial charge is 0.465 e. The molecule has 0 radical (unpaired) electrons. The van der Waals surface area contributed by atoms with Gasteiger partial charge in [-0.25, -0.2) is 8.42 Å². The lowest BCUT2D eigenvalue weighted by Crippen LogP contribution is -2.27. The van der Waals surface area contributed by atoms with E-state index in [0.717, 1.165) is 17.1 Å². The molecule has 0 aliphatic heterocycles. The van der Waals surface area contributed by atoms with Gasteiger partial charge in [-0.3, -0.25) is 0 Å². The molecule has 1 heterocycles. The number of nitrogens with one attached hydrogen (secondary N) is 1. The smallest absolute Gasteiger partial charge is 0.149 e. The lowest BCUT2D eigenvalue weighted by atomic mass is 10.1. The molecule has 2 aromatic rings. The Hall–Kier alpha value is -1.59. The highest BCUT2D eigenvalue weighted by Crippen LogP contribution is 2.16. The minimum Gasteiger partial charge on any atom is -0.465 e. The molecule has 2 rings (SSSR count). The van der Waals surface area contributed by atoms with Crippen LogP contribution in [0.2, 0.25) is 0 Å². The van der Waals surface area contributed by atoms with Crippen LogP contribution in [-0.4, -0.2) is 20.4 Å². The Balaban J connectivity index is 2.10. The predicted octanol–water partition coefficient (Wildman–Crippen LogP) is 2.46. The van der Waals surface area contributed by atoms with E-state index in [1.165, 1.54) is 6.26 Å². The second-order valence-corrected chi connectivity index (χ2v) is 7.13. The summed E-state index contributed by atoms with van der Waals surface area (Å²) in [4.78, 5) is 0. The van der Waals surface area contributed by atoms with E-state index < -0.39 is 9.84 Å². The van der Waals surface area contributed by atoms with Crippen molar-refractivity contribution in [3.8, 4) is 0 Å². The first-order valence-corrected chi connectivity index (χ1v) is 8.51. The van der Waals surface area contributed by atoms with Gasteiger partial charge in [0.25, 0.3) is 0 Å². The van der Waals surface area contributed by atoms with E-state index in [0.29, 0.717) is 6.54 Å². The maximum Gasteiger partial charge on any atom is 0.149 e. The normalized spacial score (nSPS) is 13.3. The molecule has 108 valence electrons. The summed E-state index contributed by atoms with van der Waals surface area (Å²) < 4.78 is 28.6. The highest BCUT2D eigenvalue weighted by atomic mass is 32.2. The van der Waals surface area contributed by atoms with Crippen LogP contribution < -0.4 is 5.32 Å². The Morgan fingerprint density at radius 3 is 2.40 bits per heavy atom. The summed E-state index contributed by atoms with van der Waals surface area (Å²) in [5, 5.41) is 3.25. The van der Waals surface area contributed by atoms with Gasteiger partial charge in [0.15, 0.2) is 0 Å². The molecular weight excluding hydrogens is 274 g/mol. The van der Waals surface area contributed by atoms with E-state index >= 15 is 0 Å². The minimum absolute atomic E-state index is 0.0662. The van der Waals surface area contributed by atoms with Gasteiger partial charge in [0, 0.05) is 12.3 Å². The average Bonchev–Trinajstić information content (AvgIpc) is 2.80. The number of hydrogen-bond acceptors (Lipinski definition) is 4. The number of sulfone groups is 1. The van der Waals surface area contributed by atoms with Gasteiger partial charge in [-0.1, -0.05) is 30.3 Å². The van der Waals surface area contributed by atoms with Crippen molar-refractivity contribution in [2.75, 3.05) is 12.0 Å². The molecule has 0 bridgehead atoms. The van der Waals surface area contributed by atoms with Gasteiger partial charge in [-0.05, 0) is 24.6 Å². The van der Waals surface area contributed by atoms with Crippen LogP contribution >= 0.6 is 0 Å². The molecule has 0 saturated carbocycles. The summed E-state index contributed by atoms with van der Waals surface area (Å²) in [6.07, 6.45) is 1.25. The summed E-state index contributed by atoms with van der Waals surface area (Å²) in [6.45, 7) is 2.39. The van der Waals surface area contributed by atoms with Crippen molar-refractivity contribution in [1.29, 1.82) is 0 Å². The van der Waals surface area contributed by atoms with Gasteiger partial charge >= 0.3 is 0 Å². The summed E-state index contributed by atoms with van der Waals surface area (Å²) in [5.41, 5.74) is 0.959. The predicted molar refractivity (Wildman–Crippen MR) is 79.2 cm³/mol. The standard InChI is InChI=1S/C15H19NO3S/c1-12-8-9-14(19-12)10-16-15(11-20(2,17)18)13-6-4-3-5-7-13/h3-9,15-16H,10-11H2,1-2H3/t15-/m1/s1. The van der Waals surface area contributed by atoms with Crippen LogP contribution in [0.1, 0.15) is 23.1 Å². The van der Waals surface area contributed by atoms with Crippen LogP contribution in [-0.2, 0) is 16.4 Å². The molecule has 1 aromatic carbocycles. The van der Waals surface area contributed by atoms with Gasteiger partial charge in [-0.15, -0.1) is 0 Å². The lowest BCUT2D eigenvalue weighted by molar-refractivity contribution is 0.443. The van der Waals surface area contributed by atoms with Crippen molar-refractivity contribution in [2.24, 2.45) is 0 Å². The third kappa shape index (κ3) is 4.51. The quantitative estimate of drug-likeness (QED) is 0.889. The molecule has 4 nitrogen and oxygen atoms in total. The molecule has 1 N–H and O–H groups in total. The van der Waals surface area contributed by atoms with Crippen LogP contribution in [0, 0.1) is 6.92 Å². The van der Waals surface area contributed by atoms with Crippen molar-refractivity contribution in [3.63, 3.8) is 0 Å². The van der Waals surface area contributed by atoms with E-state index in [9.17, 15) is 8.42 Å². The molecule has 0 fully saturated rings. The second-order valence-electron chi connectivity index (χ2n) is 4.95. The lowest BCUT2D eigenvalue weighted by Gasteiger charge is -2.17. The molecule has 0 aliphatic carbocycles. The van der Waals surface area contributed by atoms with Crippen LogP contribution in [0.15, 0.2) is 46.9 Å². The zero-order valence-corrected chi connectivity index (χ0v) is 12.5. The second kappa shape index (κ2) is 6.24. The molecule has 0 amide bonds. The van der Waals surface area contributed by atoms with Gasteiger partial charge in [0.1, 0.15) is 21.4 Å². The van der Waals surface area contributed by atoms with Gasteiger partial charge < -0.3 is 9.73 Å². The molecule has 1 atom stereocenters. The topological polar surface area (TPSA) is 59.3 Å². The zero-order chi connectivity index (χ0) is 14.6. The van der Waals surface area contributed by atoms with Crippen LogP contribution in [0.4, 0.5) is 0 Å². The molecule has 0 aliphatic rings. The SMILES string of the molecule is Cc1ccc(CN[C@H](CS(C)(=O)=O)c2ccccc2)o1. The summed E-state index contributed by atoms with van der Waals surface area (Å²) in [6, 6.07) is 13.1. The Kier molecular flexibility index (Phi) is 4.62. The molecule has 1 aromatic heterocycles. The van der Waals surface area contributed by atoms with E-state index in [1.54, 1.807) is 0 Å². The fourth-order valence-corrected chi connectivity index (χ4v) is 2.98. The van der Waals surface area contributed by atoms with Crippen molar-refractivity contribution >= 4 is 9.84 Å². The van der Waals surface area contributed by atoms with E-state index in [1.807, 2.05) is 49.4 Å². The number of aryl methyl sites for hydroxylation is 1. The minimum atomic E-state index is -3.06. The number of hydrogen-bond donors (Lipinski definition) is 1. The highest BCUT2D eigenvalue weighted by Gasteiger charge is 2.17. The number of rotatable bonds is 6. The fraction of sp³-hybridized carbons (Fsp3) is 0.333. The summed E-state index contributed by atoms with van der Waals surface area (Å²) in [7, 11) is -3.06. The van der Waals surface area contributed by atoms with E-state index in [4.69, 9.17) is 4.42 Å². The van der Waals surface area contributed by atoms with Gasteiger partial charge in [0.05, 0.1) is 12.3 Å². The third-order valence-electron chi connectivity index (χ3n) is 2.99. The van der Waals surface area contributed by atoms with Crippen molar-refractivity contribution in [3.05, 3.63) is 59.5 Å². The average molecular weight is 293 g/mol. The third-order valence-corrected chi connectivity index (χ3v) is 3.93. The van der Waals surface area contributed by atoms with Crippen molar-refractivity contribution < 1.29 is 12.8 Å². The monoisotopic (exact) mass is 293 g/mol. The highest BCUT2D eigenvalue weighted by molar-refractivity contribution is 7.90. The molecule has 20 heavy (non-hydrogen) atoms. The molecule has 0 saturated heterocycles. The summed E-state index contributed by atoms with van der Waals surface area (Å²) in [5.74, 6) is 1.72. The zero-order valence-electron chi connectivity index (χ0n) is 11.7. The summed E-state index contributed by atoms with van der Waals surface area (Å²) >= 11 is 0. The molecule has 0 spiro atoms. The van der Waals surface area contributed by atoms with Crippen LogP contribution in [0.25, 0.3) is 0 Å². The number of benzene rings is 1. The fourth-order valence-electron chi connectivity index (χ4n) is 2.07. The van der Waals surface area contributed by atoms with Crippen molar-refractivity contribution in [1.82, 2.24) is 5.32 Å². The molecule has 5 heteroatoms. The van der Waals surface area contributed by atoms with E-state index in [-0.39, 0.29) is 11.8 Å². The maximum absolute atomic E-state index is 11.6. The molecular formula is C15H19NO3S. The van der Waals surface area contributed by atoms with Crippen LogP contribution in [0.5, 0.6) is 0 Å². The van der Waals surface area contributed by atoms with E-state index in [2.05, 4.69) is 5.32 Å². The molecule has 0 unspecified atom stereocenters. The van der Waals surface area contributed by atoms with Crippen LogP contribution in [0.3, 0.4) is 0 Å².